The minimum atomic E-state index is -0.0590. The number of ketones is 1. The van der Waals surface area contributed by atoms with Gasteiger partial charge in [0.2, 0.25) is 0 Å². The van der Waals surface area contributed by atoms with E-state index in [1.807, 2.05) is 17.7 Å². The number of aryl methyl sites for hydroxylation is 1. The second-order valence-corrected chi connectivity index (χ2v) is 4.65. The number of halogens is 1. The molecule has 0 aliphatic carbocycles. The average Bonchev–Trinajstić information content (AvgIpc) is 2.77. The van der Waals surface area contributed by atoms with Crippen LogP contribution in [0.1, 0.15) is 23.1 Å². The number of carbonyl (C=O) groups is 1. The fraction of sp³-hybridized carbons (Fsp3) is 0.286. The van der Waals surface area contributed by atoms with Gasteiger partial charge in [0, 0.05) is 17.4 Å². The summed E-state index contributed by atoms with van der Waals surface area (Å²) in [7, 11) is 0. The Bertz CT molecular complexity index is 593. The smallest absolute Gasteiger partial charge is 0.163 e. The van der Waals surface area contributed by atoms with E-state index in [2.05, 4.69) is 4.98 Å². The summed E-state index contributed by atoms with van der Waals surface area (Å²) < 4.78 is 7.64. The Hall–Kier alpha value is -1.81. The lowest BCUT2D eigenvalue weighted by Gasteiger charge is -2.11. The van der Waals surface area contributed by atoms with Crippen molar-refractivity contribution in [2.45, 2.75) is 20.4 Å². The number of imidazole rings is 1. The maximum Gasteiger partial charge on any atom is 0.163 e. The van der Waals surface area contributed by atoms with Crippen LogP contribution >= 0.6 is 11.6 Å². The van der Waals surface area contributed by atoms with E-state index in [1.54, 1.807) is 24.4 Å². The lowest BCUT2D eigenvalue weighted by Crippen LogP contribution is -2.10. The van der Waals surface area contributed by atoms with Crippen LogP contribution in [0.15, 0.2) is 30.6 Å². The fourth-order valence-electron chi connectivity index (χ4n) is 1.80. The Morgan fingerprint density at radius 3 is 2.89 bits per heavy atom. The van der Waals surface area contributed by atoms with Gasteiger partial charge in [-0.25, -0.2) is 4.98 Å². The molecule has 1 aromatic heterocycles. The van der Waals surface area contributed by atoms with Crippen LogP contribution in [-0.4, -0.2) is 21.9 Å². The molecule has 0 atom stereocenters. The summed E-state index contributed by atoms with van der Waals surface area (Å²) in [5, 5.41) is 0.531. The first-order chi connectivity index (χ1) is 9.08. The van der Waals surface area contributed by atoms with Gasteiger partial charge in [-0.15, -0.1) is 0 Å². The summed E-state index contributed by atoms with van der Waals surface area (Å²) in [6.45, 7) is 4.59. The van der Waals surface area contributed by atoms with Crippen molar-refractivity contribution < 1.29 is 9.53 Å². The number of Topliss-reactive ketones (excluding diaryl/α,β-unsaturated/α-hetero) is 1. The molecule has 0 amide bonds. The third-order valence-electron chi connectivity index (χ3n) is 2.83. The van der Waals surface area contributed by atoms with Gasteiger partial charge in [0.15, 0.2) is 5.78 Å². The Kier molecular flexibility index (Phi) is 4.22. The van der Waals surface area contributed by atoms with Crippen molar-refractivity contribution in [3.63, 3.8) is 0 Å². The number of nitrogens with zero attached hydrogens (tertiary/aromatic N) is 2. The molecule has 100 valence electrons. The Morgan fingerprint density at radius 2 is 2.26 bits per heavy atom. The van der Waals surface area contributed by atoms with Gasteiger partial charge >= 0.3 is 0 Å². The van der Waals surface area contributed by atoms with E-state index in [1.165, 1.54) is 6.92 Å². The largest absolute Gasteiger partial charge is 0.491 e. The van der Waals surface area contributed by atoms with Crippen molar-refractivity contribution in [2.75, 3.05) is 6.61 Å². The van der Waals surface area contributed by atoms with E-state index in [9.17, 15) is 4.79 Å². The summed E-state index contributed by atoms with van der Waals surface area (Å²) in [5.41, 5.74) is 0.509. The Morgan fingerprint density at radius 1 is 1.47 bits per heavy atom. The lowest BCUT2D eigenvalue weighted by molar-refractivity contribution is 0.101. The maximum absolute atomic E-state index is 11.5. The van der Waals surface area contributed by atoms with E-state index < -0.39 is 0 Å². The minimum Gasteiger partial charge on any atom is -0.491 e. The van der Waals surface area contributed by atoms with Crippen LogP contribution in [-0.2, 0) is 6.54 Å². The maximum atomic E-state index is 11.5. The molecular weight excluding hydrogens is 264 g/mol. The third kappa shape index (κ3) is 3.35. The van der Waals surface area contributed by atoms with Gasteiger partial charge < -0.3 is 9.30 Å². The minimum absolute atomic E-state index is 0.0590. The summed E-state index contributed by atoms with van der Waals surface area (Å²) in [6.07, 6.45) is 3.64. The molecule has 0 radical (unpaired) electrons. The Labute approximate surface area is 117 Å². The molecule has 1 heterocycles. The average molecular weight is 279 g/mol. The molecule has 1 aromatic carbocycles. The monoisotopic (exact) mass is 278 g/mol. The van der Waals surface area contributed by atoms with E-state index in [0.717, 1.165) is 5.82 Å². The molecule has 2 aromatic rings. The topological polar surface area (TPSA) is 44.1 Å². The molecule has 0 aliphatic rings. The van der Waals surface area contributed by atoms with E-state index in [0.29, 0.717) is 29.5 Å². The van der Waals surface area contributed by atoms with Crippen molar-refractivity contribution in [2.24, 2.45) is 0 Å². The molecule has 0 unspecified atom stereocenters. The van der Waals surface area contributed by atoms with Crippen molar-refractivity contribution in [1.82, 2.24) is 9.55 Å². The second kappa shape index (κ2) is 5.89. The van der Waals surface area contributed by atoms with Gasteiger partial charge in [-0.1, -0.05) is 11.6 Å². The summed E-state index contributed by atoms with van der Waals surface area (Å²) in [6, 6.07) is 5.06. The van der Waals surface area contributed by atoms with Crippen LogP contribution in [0.4, 0.5) is 0 Å². The summed E-state index contributed by atoms with van der Waals surface area (Å²) in [4.78, 5) is 15.6. The van der Waals surface area contributed by atoms with Gasteiger partial charge in [-0.05, 0) is 32.0 Å². The van der Waals surface area contributed by atoms with Gasteiger partial charge in [-0.2, -0.15) is 0 Å². The van der Waals surface area contributed by atoms with E-state index in [4.69, 9.17) is 16.3 Å². The molecule has 5 heteroatoms. The molecule has 0 aliphatic heterocycles. The second-order valence-electron chi connectivity index (χ2n) is 4.21. The number of hydrogen-bond donors (Lipinski definition) is 0. The van der Waals surface area contributed by atoms with Crippen LogP contribution in [0, 0.1) is 6.92 Å². The number of carbonyl (C=O) groups excluding carboxylic acids is 1. The van der Waals surface area contributed by atoms with Crippen LogP contribution < -0.4 is 4.74 Å². The molecule has 0 N–H and O–H groups in total. The first kappa shape index (κ1) is 13.6. The van der Waals surface area contributed by atoms with Gasteiger partial charge in [-0.3, -0.25) is 4.79 Å². The van der Waals surface area contributed by atoms with Gasteiger partial charge in [0.25, 0.3) is 0 Å². The van der Waals surface area contributed by atoms with Crippen LogP contribution in [0.3, 0.4) is 0 Å². The predicted octanol–water partition coefficient (Wildman–Crippen LogP) is 3.13. The fourth-order valence-corrected chi connectivity index (χ4v) is 1.97. The molecule has 19 heavy (non-hydrogen) atoms. The highest BCUT2D eigenvalue weighted by atomic mass is 35.5. The molecule has 0 saturated heterocycles. The predicted molar refractivity (Wildman–Crippen MR) is 73.9 cm³/mol. The first-order valence-corrected chi connectivity index (χ1v) is 6.37. The molecule has 0 spiro atoms. The molecule has 4 nitrogen and oxygen atoms in total. The zero-order valence-corrected chi connectivity index (χ0v) is 11.6. The number of hydrogen-bond acceptors (Lipinski definition) is 3. The molecule has 0 saturated carbocycles. The molecule has 0 fully saturated rings. The lowest BCUT2D eigenvalue weighted by atomic mass is 10.1. The first-order valence-electron chi connectivity index (χ1n) is 5.99. The number of aromatic nitrogens is 2. The SMILES string of the molecule is CC(=O)c1cc(Cl)ccc1OCCn1ccnc1C. The van der Waals surface area contributed by atoms with Crippen LogP contribution in [0.5, 0.6) is 5.75 Å². The zero-order valence-electron chi connectivity index (χ0n) is 10.9. The standard InChI is InChI=1S/C14H15ClN2O2/c1-10(18)13-9-12(15)3-4-14(13)19-8-7-17-6-5-16-11(17)2/h3-6,9H,7-8H2,1-2H3. The third-order valence-corrected chi connectivity index (χ3v) is 3.07. The highest BCUT2D eigenvalue weighted by molar-refractivity contribution is 6.31. The van der Waals surface area contributed by atoms with Crippen molar-refractivity contribution >= 4 is 17.4 Å². The van der Waals surface area contributed by atoms with Crippen LogP contribution in [0.25, 0.3) is 0 Å². The van der Waals surface area contributed by atoms with E-state index >= 15 is 0 Å². The number of benzene rings is 1. The molecule has 0 bridgehead atoms. The normalized spacial score (nSPS) is 10.5. The summed E-state index contributed by atoms with van der Waals surface area (Å²) in [5.74, 6) is 1.44. The van der Waals surface area contributed by atoms with Crippen LogP contribution in [0.2, 0.25) is 5.02 Å². The highest BCUT2D eigenvalue weighted by Gasteiger charge is 2.09. The van der Waals surface area contributed by atoms with Gasteiger partial charge in [0.1, 0.15) is 18.2 Å². The highest BCUT2D eigenvalue weighted by Crippen LogP contribution is 2.23. The quantitative estimate of drug-likeness (QED) is 0.789. The Balaban J connectivity index is 2.03. The number of rotatable bonds is 5. The van der Waals surface area contributed by atoms with Gasteiger partial charge in [0.05, 0.1) is 12.1 Å². The zero-order chi connectivity index (χ0) is 13.8. The van der Waals surface area contributed by atoms with Crippen molar-refractivity contribution in [3.8, 4) is 5.75 Å². The van der Waals surface area contributed by atoms with Crippen molar-refractivity contribution in [3.05, 3.63) is 47.0 Å². The van der Waals surface area contributed by atoms with Crippen molar-refractivity contribution in [1.29, 1.82) is 0 Å². The van der Waals surface area contributed by atoms with E-state index in [-0.39, 0.29) is 5.78 Å². The molecular formula is C14H15ClN2O2. The number of ether oxygens (including phenoxy) is 1. The molecule has 2 rings (SSSR count). The summed E-state index contributed by atoms with van der Waals surface area (Å²) >= 11 is 5.88.